The van der Waals surface area contributed by atoms with Crippen LogP contribution in [0.15, 0.2) is 0 Å². The second kappa shape index (κ2) is 8.84. The Morgan fingerprint density at radius 3 is 1.42 bits per heavy atom. The van der Waals surface area contributed by atoms with Crippen molar-refractivity contribution in [3.8, 4) is 0 Å². The van der Waals surface area contributed by atoms with Gasteiger partial charge < -0.3 is 10.6 Å². The molecule has 3 rings (SSSR count). The Kier molecular flexibility index (Phi) is 6.52. The van der Waals surface area contributed by atoms with Crippen LogP contribution in [0.5, 0.6) is 0 Å². The van der Waals surface area contributed by atoms with Crippen LogP contribution in [0.1, 0.15) is 83.5 Å². The maximum absolute atomic E-state index is 12.5. The zero-order chi connectivity index (χ0) is 16.8. The molecule has 2 aliphatic carbocycles. The summed E-state index contributed by atoms with van der Waals surface area (Å²) in [7, 11) is 0. The van der Waals surface area contributed by atoms with Crippen molar-refractivity contribution in [2.75, 3.05) is 0 Å². The standard InChI is InChI=1S/C19H33N3O2/c23-18(20-14-8-3-1-4-9-14)16-12-7-13-17(22-16)19(24)21-15-10-5-2-6-11-15/h14-17,22H,1-13H2,(H,20,23)(H,21,24). The third-order valence-electron chi connectivity index (χ3n) is 5.92. The van der Waals surface area contributed by atoms with Crippen LogP contribution >= 0.6 is 0 Å². The highest BCUT2D eigenvalue weighted by Crippen LogP contribution is 2.20. The largest absolute Gasteiger partial charge is 0.352 e. The molecule has 0 spiro atoms. The van der Waals surface area contributed by atoms with Crippen molar-refractivity contribution in [2.24, 2.45) is 0 Å². The van der Waals surface area contributed by atoms with Gasteiger partial charge in [0.2, 0.25) is 11.8 Å². The van der Waals surface area contributed by atoms with Crippen LogP contribution in [0.3, 0.4) is 0 Å². The molecule has 0 aromatic heterocycles. The first-order chi connectivity index (χ1) is 11.7. The SMILES string of the molecule is O=C(NC1CCCCC1)C1CCCC(C(=O)NC2CCCCC2)N1. The monoisotopic (exact) mass is 335 g/mol. The second-order valence-corrected chi connectivity index (χ2v) is 7.89. The van der Waals surface area contributed by atoms with Gasteiger partial charge in [0.1, 0.15) is 0 Å². The van der Waals surface area contributed by atoms with Crippen molar-refractivity contribution in [1.82, 2.24) is 16.0 Å². The van der Waals surface area contributed by atoms with E-state index in [0.717, 1.165) is 44.9 Å². The van der Waals surface area contributed by atoms with Crippen molar-refractivity contribution < 1.29 is 9.59 Å². The Labute approximate surface area is 145 Å². The van der Waals surface area contributed by atoms with Gasteiger partial charge >= 0.3 is 0 Å². The maximum Gasteiger partial charge on any atom is 0.237 e. The van der Waals surface area contributed by atoms with Crippen LogP contribution < -0.4 is 16.0 Å². The van der Waals surface area contributed by atoms with Crippen molar-refractivity contribution in [1.29, 1.82) is 0 Å². The molecule has 1 saturated heterocycles. The second-order valence-electron chi connectivity index (χ2n) is 7.89. The molecule has 5 nitrogen and oxygen atoms in total. The van der Waals surface area contributed by atoms with E-state index in [2.05, 4.69) is 16.0 Å². The van der Waals surface area contributed by atoms with Gasteiger partial charge in [0, 0.05) is 12.1 Å². The van der Waals surface area contributed by atoms with Crippen LogP contribution in [0.25, 0.3) is 0 Å². The summed E-state index contributed by atoms with van der Waals surface area (Å²) in [4.78, 5) is 25.0. The minimum absolute atomic E-state index is 0.0945. The summed E-state index contributed by atoms with van der Waals surface area (Å²) in [5.74, 6) is 0.189. The fourth-order valence-electron chi connectivity index (χ4n) is 4.45. The fourth-order valence-corrected chi connectivity index (χ4v) is 4.45. The molecule has 3 N–H and O–H groups in total. The average Bonchev–Trinajstić information content (AvgIpc) is 2.63. The minimum atomic E-state index is -0.206. The van der Waals surface area contributed by atoms with Gasteiger partial charge in [0.05, 0.1) is 12.1 Å². The Morgan fingerprint density at radius 2 is 1.00 bits per heavy atom. The summed E-state index contributed by atoms with van der Waals surface area (Å²) >= 11 is 0. The number of hydrogen-bond acceptors (Lipinski definition) is 3. The van der Waals surface area contributed by atoms with Gasteiger partial charge in [-0.15, -0.1) is 0 Å². The van der Waals surface area contributed by atoms with Crippen LogP contribution in [-0.2, 0) is 9.59 Å². The van der Waals surface area contributed by atoms with E-state index in [9.17, 15) is 9.59 Å². The van der Waals surface area contributed by atoms with E-state index in [1.165, 1.54) is 38.5 Å². The first-order valence-electron chi connectivity index (χ1n) is 10.1. The van der Waals surface area contributed by atoms with Gasteiger partial charge in [-0.3, -0.25) is 14.9 Å². The Bertz CT molecular complexity index is 390. The van der Waals surface area contributed by atoms with E-state index in [0.29, 0.717) is 12.1 Å². The highest BCUT2D eigenvalue weighted by molar-refractivity contribution is 5.86. The predicted molar refractivity (Wildman–Crippen MR) is 94.6 cm³/mol. The molecule has 24 heavy (non-hydrogen) atoms. The van der Waals surface area contributed by atoms with Crippen molar-refractivity contribution in [3.63, 3.8) is 0 Å². The van der Waals surface area contributed by atoms with Crippen molar-refractivity contribution in [3.05, 3.63) is 0 Å². The molecule has 2 amide bonds. The van der Waals surface area contributed by atoms with E-state index in [-0.39, 0.29) is 23.9 Å². The zero-order valence-corrected chi connectivity index (χ0v) is 14.8. The lowest BCUT2D eigenvalue weighted by Crippen LogP contribution is -2.58. The van der Waals surface area contributed by atoms with E-state index in [1.807, 2.05) is 0 Å². The molecule has 0 aromatic carbocycles. The van der Waals surface area contributed by atoms with Crippen LogP contribution in [0.2, 0.25) is 0 Å². The molecule has 1 aliphatic heterocycles. The topological polar surface area (TPSA) is 70.2 Å². The summed E-state index contributed by atoms with van der Waals surface area (Å²) in [6.45, 7) is 0. The minimum Gasteiger partial charge on any atom is -0.352 e. The van der Waals surface area contributed by atoms with Gasteiger partial charge in [0.25, 0.3) is 0 Å². The summed E-state index contributed by atoms with van der Waals surface area (Å²) in [6.07, 6.45) is 14.5. The van der Waals surface area contributed by atoms with Gasteiger partial charge in [0.15, 0.2) is 0 Å². The third kappa shape index (κ3) is 4.95. The van der Waals surface area contributed by atoms with Crippen LogP contribution in [0.4, 0.5) is 0 Å². The molecule has 5 heteroatoms. The predicted octanol–water partition coefficient (Wildman–Crippen LogP) is 2.39. The van der Waals surface area contributed by atoms with Crippen molar-refractivity contribution in [2.45, 2.75) is 108 Å². The van der Waals surface area contributed by atoms with Gasteiger partial charge in [-0.05, 0) is 44.9 Å². The molecule has 1 heterocycles. The van der Waals surface area contributed by atoms with E-state index < -0.39 is 0 Å². The number of hydrogen-bond donors (Lipinski definition) is 3. The van der Waals surface area contributed by atoms with Crippen LogP contribution in [-0.4, -0.2) is 36.0 Å². The summed E-state index contributed by atoms with van der Waals surface area (Å²) in [5, 5.41) is 9.70. The highest BCUT2D eigenvalue weighted by Gasteiger charge is 2.32. The zero-order valence-electron chi connectivity index (χ0n) is 14.8. The lowest BCUT2D eigenvalue weighted by molar-refractivity contribution is -0.128. The lowest BCUT2D eigenvalue weighted by Gasteiger charge is -2.33. The number of carbonyl (C=O) groups excluding carboxylic acids is 2. The Balaban J connectivity index is 1.45. The maximum atomic E-state index is 12.5. The van der Waals surface area contributed by atoms with Gasteiger partial charge in [-0.25, -0.2) is 0 Å². The Hall–Kier alpha value is -1.10. The number of nitrogens with one attached hydrogen (secondary N) is 3. The van der Waals surface area contributed by atoms with Crippen LogP contribution in [0, 0.1) is 0 Å². The summed E-state index contributed by atoms with van der Waals surface area (Å²) < 4.78 is 0. The molecule has 0 aromatic rings. The number of amides is 2. The van der Waals surface area contributed by atoms with E-state index in [1.54, 1.807) is 0 Å². The molecular weight excluding hydrogens is 302 g/mol. The molecule has 2 unspecified atom stereocenters. The average molecular weight is 335 g/mol. The number of rotatable bonds is 4. The normalized spacial score (nSPS) is 29.8. The Morgan fingerprint density at radius 1 is 0.583 bits per heavy atom. The molecule has 2 saturated carbocycles. The highest BCUT2D eigenvalue weighted by atomic mass is 16.2. The summed E-state index contributed by atoms with van der Waals surface area (Å²) in [6, 6.07) is 0.263. The first-order valence-corrected chi connectivity index (χ1v) is 10.1. The van der Waals surface area contributed by atoms with Crippen molar-refractivity contribution >= 4 is 11.8 Å². The smallest absolute Gasteiger partial charge is 0.237 e. The molecule has 0 bridgehead atoms. The van der Waals surface area contributed by atoms with E-state index in [4.69, 9.17) is 0 Å². The molecule has 136 valence electrons. The van der Waals surface area contributed by atoms with Gasteiger partial charge in [-0.1, -0.05) is 38.5 Å². The molecule has 0 radical (unpaired) electrons. The molecule has 3 aliphatic rings. The fraction of sp³-hybridized carbons (Fsp3) is 0.895. The van der Waals surface area contributed by atoms with E-state index >= 15 is 0 Å². The number of carbonyl (C=O) groups is 2. The number of piperidine rings is 1. The molecule has 3 fully saturated rings. The lowest BCUT2D eigenvalue weighted by atomic mass is 9.93. The molecular formula is C19H33N3O2. The third-order valence-corrected chi connectivity index (χ3v) is 5.92. The van der Waals surface area contributed by atoms with Gasteiger partial charge in [-0.2, -0.15) is 0 Å². The quantitative estimate of drug-likeness (QED) is 0.739. The first kappa shape index (κ1) is 17.7. The molecule has 2 atom stereocenters. The summed E-state index contributed by atoms with van der Waals surface area (Å²) in [5.41, 5.74) is 0.